The number of hydrogen-bond acceptors (Lipinski definition) is 4. The molecule has 0 saturated heterocycles. The van der Waals surface area contributed by atoms with Crippen LogP contribution in [0.2, 0.25) is 0 Å². The molecule has 0 aliphatic carbocycles. The van der Waals surface area contributed by atoms with E-state index in [1.54, 1.807) is 12.1 Å². The molecule has 0 bridgehead atoms. The number of aromatic hydroxyl groups is 2. The fourth-order valence-electron chi connectivity index (χ4n) is 3.50. The van der Waals surface area contributed by atoms with Gasteiger partial charge >= 0.3 is 0 Å². The Morgan fingerprint density at radius 3 is 2.60 bits per heavy atom. The highest BCUT2D eigenvalue weighted by Gasteiger charge is 2.30. The number of para-hydroxylation sites is 4. The molecule has 4 aromatic rings. The van der Waals surface area contributed by atoms with Gasteiger partial charge in [-0.3, -0.25) is 4.57 Å². The lowest BCUT2D eigenvalue weighted by atomic mass is 10.0. The molecule has 2 heterocycles. The van der Waals surface area contributed by atoms with Crippen molar-refractivity contribution in [1.82, 2.24) is 9.55 Å². The molecule has 3 N–H and O–H groups in total. The van der Waals surface area contributed by atoms with Crippen molar-refractivity contribution in [3.63, 3.8) is 0 Å². The molecular weight excluding hydrogens is 314 g/mol. The molecule has 0 unspecified atom stereocenters. The Hall–Kier alpha value is -3.47. The van der Waals surface area contributed by atoms with Crippen LogP contribution < -0.4 is 5.32 Å². The Kier molecular flexibility index (Phi) is 2.79. The first-order valence-electron chi connectivity index (χ1n) is 8.08. The smallest absolute Gasteiger partial charge is 0.164 e. The van der Waals surface area contributed by atoms with Crippen LogP contribution in [0.15, 0.2) is 66.7 Å². The van der Waals surface area contributed by atoms with Crippen LogP contribution in [-0.2, 0) is 0 Å². The molecular formula is C20H15N3O2. The van der Waals surface area contributed by atoms with Gasteiger partial charge in [0.25, 0.3) is 0 Å². The lowest BCUT2D eigenvalue weighted by Crippen LogP contribution is -2.24. The fraction of sp³-hybridized carbons (Fsp3) is 0.0500. The maximum absolute atomic E-state index is 10.4. The van der Waals surface area contributed by atoms with Crippen molar-refractivity contribution < 1.29 is 10.2 Å². The first-order chi connectivity index (χ1) is 12.2. The second-order valence-corrected chi connectivity index (χ2v) is 6.10. The number of nitrogens with zero attached hydrogens (tertiary/aromatic N) is 2. The molecule has 1 aliphatic rings. The molecule has 25 heavy (non-hydrogen) atoms. The normalized spacial score (nSPS) is 15.4. The summed E-state index contributed by atoms with van der Waals surface area (Å²) in [5.74, 6) is 0.579. The first kappa shape index (κ1) is 13.9. The van der Waals surface area contributed by atoms with Crippen LogP contribution in [0.1, 0.15) is 11.7 Å². The van der Waals surface area contributed by atoms with Gasteiger partial charge in [0.1, 0.15) is 12.0 Å². The van der Waals surface area contributed by atoms with Gasteiger partial charge in [0.2, 0.25) is 0 Å². The minimum absolute atomic E-state index is 0.122. The van der Waals surface area contributed by atoms with E-state index in [4.69, 9.17) is 4.98 Å². The maximum Gasteiger partial charge on any atom is 0.164 e. The van der Waals surface area contributed by atoms with Crippen molar-refractivity contribution in [2.75, 3.05) is 5.32 Å². The molecule has 1 aliphatic heterocycles. The highest BCUT2D eigenvalue weighted by Crippen LogP contribution is 2.43. The minimum Gasteiger partial charge on any atom is -0.504 e. The molecule has 5 heteroatoms. The quantitative estimate of drug-likeness (QED) is 0.460. The van der Waals surface area contributed by atoms with Crippen LogP contribution in [-0.4, -0.2) is 19.8 Å². The third-order valence-corrected chi connectivity index (χ3v) is 4.65. The van der Waals surface area contributed by atoms with Crippen LogP contribution in [0, 0.1) is 0 Å². The van der Waals surface area contributed by atoms with E-state index < -0.39 is 0 Å². The largest absolute Gasteiger partial charge is 0.504 e. The standard InChI is InChI=1S/C20H15N3O2/c24-17-11-5-7-13(18(17)25)20-21-14-8-2-1-6-12(14)19-22-15-9-3-4-10-16(15)23(19)20/h1-11,20-21,24-25H/t20-/m0/s1. The van der Waals surface area contributed by atoms with E-state index in [0.29, 0.717) is 5.56 Å². The van der Waals surface area contributed by atoms with Crippen LogP contribution >= 0.6 is 0 Å². The molecule has 1 atom stereocenters. The van der Waals surface area contributed by atoms with Gasteiger partial charge in [-0.05, 0) is 30.3 Å². The van der Waals surface area contributed by atoms with Crippen molar-refractivity contribution in [2.45, 2.75) is 6.17 Å². The average Bonchev–Trinajstić information content (AvgIpc) is 3.03. The summed E-state index contributed by atoms with van der Waals surface area (Å²) in [4.78, 5) is 4.80. The summed E-state index contributed by atoms with van der Waals surface area (Å²) < 4.78 is 2.06. The predicted molar refractivity (Wildman–Crippen MR) is 96.7 cm³/mol. The summed E-state index contributed by atoms with van der Waals surface area (Å²) in [5, 5.41) is 23.8. The molecule has 0 spiro atoms. The molecule has 0 fully saturated rings. The second kappa shape index (κ2) is 5.01. The van der Waals surface area contributed by atoms with E-state index in [1.165, 1.54) is 6.07 Å². The third-order valence-electron chi connectivity index (χ3n) is 4.65. The number of imidazole rings is 1. The SMILES string of the molecule is Oc1cccc([C@H]2Nc3ccccc3-c3nc4ccccc4n32)c1O. The van der Waals surface area contributed by atoms with Gasteiger partial charge in [0.15, 0.2) is 11.5 Å². The third kappa shape index (κ3) is 1.92. The monoisotopic (exact) mass is 329 g/mol. The summed E-state index contributed by atoms with van der Waals surface area (Å²) in [6, 6.07) is 20.9. The van der Waals surface area contributed by atoms with E-state index in [0.717, 1.165) is 28.1 Å². The van der Waals surface area contributed by atoms with Gasteiger partial charge in [-0.2, -0.15) is 0 Å². The van der Waals surface area contributed by atoms with Crippen molar-refractivity contribution in [1.29, 1.82) is 0 Å². The molecule has 122 valence electrons. The lowest BCUT2D eigenvalue weighted by Gasteiger charge is -2.30. The fourth-order valence-corrected chi connectivity index (χ4v) is 3.50. The van der Waals surface area contributed by atoms with Crippen LogP contribution in [0.25, 0.3) is 22.4 Å². The summed E-state index contributed by atoms with van der Waals surface area (Å²) >= 11 is 0. The van der Waals surface area contributed by atoms with Crippen LogP contribution in [0.5, 0.6) is 11.5 Å². The zero-order chi connectivity index (χ0) is 17.0. The van der Waals surface area contributed by atoms with Crippen LogP contribution in [0.3, 0.4) is 0 Å². The number of rotatable bonds is 1. The Morgan fingerprint density at radius 2 is 1.68 bits per heavy atom. The van der Waals surface area contributed by atoms with Gasteiger partial charge in [-0.1, -0.05) is 36.4 Å². The number of fused-ring (bicyclic) bond motifs is 5. The van der Waals surface area contributed by atoms with Gasteiger partial charge in [0, 0.05) is 16.8 Å². The number of hydrogen-bond donors (Lipinski definition) is 3. The molecule has 5 nitrogen and oxygen atoms in total. The van der Waals surface area contributed by atoms with E-state index >= 15 is 0 Å². The molecule has 5 rings (SSSR count). The molecule has 1 aromatic heterocycles. The van der Waals surface area contributed by atoms with Crippen molar-refractivity contribution in [3.05, 3.63) is 72.3 Å². The predicted octanol–water partition coefficient (Wildman–Crippen LogP) is 4.09. The number of phenolic OH excluding ortho intramolecular Hbond substituents is 2. The van der Waals surface area contributed by atoms with Gasteiger partial charge in [0.05, 0.1) is 11.0 Å². The number of nitrogens with one attached hydrogen (secondary N) is 1. The van der Waals surface area contributed by atoms with E-state index in [1.807, 2.05) is 48.5 Å². The number of phenols is 2. The minimum atomic E-state index is -0.371. The zero-order valence-electron chi connectivity index (χ0n) is 13.2. The molecule has 3 aromatic carbocycles. The molecule has 0 amide bonds. The average molecular weight is 329 g/mol. The van der Waals surface area contributed by atoms with Crippen LogP contribution in [0.4, 0.5) is 5.69 Å². The number of benzene rings is 3. The number of aromatic nitrogens is 2. The molecule has 0 radical (unpaired) electrons. The van der Waals surface area contributed by atoms with E-state index in [9.17, 15) is 10.2 Å². The summed E-state index contributed by atoms with van der Waals surface area (Å²) in [6.45, 7) is 0. The van der Waals surface area contributed by atoms with Gasteiger partial charge in [-0.25, -0.2) is 4.98 Å². The maximum atomic E-state index is 10.4. The highest BCUT2D eigenvalue weighted by molar-refractivity contribution is 5.87. The Balaban J connectivity index is 1.85. The summed E-state index contributed by atoms with van der Waals surface area (Å²) in [6.07, 6.45) is -0.371. The Bertz CT molecular complexity index is 1120. The first-order valence-corrected chi connectivity index (χ1v) is 8.08. The number of anilines is 1. The van der Waals surface area contributed by atoms with Gasteiger partial charge < -0.3 is 15.5 Å². The Labute approximate surface area is 143 Å². The lowest BCUT2D eigenvalue weighted by molar-refractivity contribution is 0.395. The van der Waals surface area contributed by atoms with E-state index in [2.05, 4.69) is 9.88 Å². The topological polar surface area (TPSA) is 70.3 Å². The summed E-state index contributed by atoms with van der Waals surface area (Å²) in [5.41, 5.74) is 4.40. The van der Waals surface area contributed by atoms with Crippen molar-refractivity contribution in [3.8, 4) is 22.9 Å². The van der Waals surface area contributed by atoms with Gasteiger partial charge in [-0.15, -0.1) is 0 Å². The van der Waals surface area contributed by atoms with Crippen molar-refractivity contribution in [2.24, 2.45) is 0 Å². The highest BCUT2D eigenvalue weighted by atomic mass is 16.3. The molecule has 0 saturated carbocycles. The second-order valence-electron chi connectivity index (χ2n) is 6.10. The zero-order valence-corrected chi connectivity index (χ0v) is 13.2. The van der Waals surface area contributed by atoms with Crippen molar-refractivity contribution >= 4 is 16.7 Å². The van der Waals surface area contributed by atoms with E-state index in [-0.39, 0.29) is 17.7 Å². The summed E-state index contributed by atoms with van der Waals surface area (Å²) in [7, 11) is 0. The Morgan fingerprint density at radius 1 is 0.880 bits per heavy atom.